The van der Waals surface area contributed by atoms with E-state index in [0.29, 0.717) is 12.5 Å². The molecule has 0 aliphatic carbocycles. The third-order valence-electron chi connectivity index (χ3n) is 4.20. The molecule has 1 aliphatic heterocycles. The van der Waals surface area contributed by atoms with Gasteiger partial charge in [0.25, 0.3) is 0 Å². The van der Waals surface area contributed by atoms with Crippen LogP contribution in [0.4, 0.5) is 0 Å². The number of carbonyl (C=O) groups excluding carboxylic acids is 1. The number of hydrogen-bond acceptors (Lipinski definition) is 3. The number of carbonyl (C=O) groups is 1. The molecule has 0 saturated carbocycles. The lowest BCUT2D eigenvalue weighted by Gasteiger charge is -2.16. The number of benzene rings is 1. The molecule has 1 N–H and O–H groups in total. The zero-order valence-corrected chi connectivity index (χ0v) is 15.4. The highest BCUT2D eigenvalue weighted by Crippen LogP contribution is 2.18. The molecule has 0 radical (unpaired) electrons. The predicted octanol–water partition coefficient (Wildman–Crippen LogP) is 3.83. The average molecular weight is 393 g/mol. The number of halogens is 1. The lowest BCUT2D eigenvalue weighted by Crippen LogP contribution is -2.37. The van der Waals surface area contributed by atoms with Crippen LogP contribution in [-0.4, -0.2) is 29.9 Å². The lowest BCUT2D eigenvalue weighted by molar-refractivity contribution is -0.121. The van der Waals surface area contributed by atoms with Crippen LogP contribution in [-0.2, 0) is 17.8 Å². The Bertz CT molecular complexity index is 644. The highest BCUT2D eigenvalue weighted by molar-refractivity contribution is 9.10. The Labute approximate surface area is 149 Å². The first-order valence-electron chi connectivity index (χ1n) is 7.97. The minimum Gasteiger partial charge on any atom is -0.352 e. The molecule has 1 aliphatic rings. The summed E-state index contributed by atoms with van der Waals surface area (Å²) in [5, 5.41) is 7.50. The molecule has 122 valence electrons. The van der Waals surface area contributed by atoms with Gasteiger partial charge in [-0.2, -0.15) is 11.3 Å². The van der Waals surface area contributed by atoms with Gasteiger partial charge in [0.2, 0.25) is 5.91 Å². The van der Waals surface area contributed by atoms with Crippen molar-refractivity contribution < 1.29 is 4.79 Å². The zero-order chi connectivity index (χ0) is 16.1. The fourth-order valence-corrected chi connectivity index (χ4v) is 4.13. The summed E-state index contributed by atoms with van der Waals surface area (Å²) in [5.41, 5.74) is 2.56. The van der Waals surface area contributed by atoms with Crippen molar-refractivity contribution in [1.29, 1.82) is 0 Å². The molecule has 1 unspecified atom stereocenters. The number of thiophene rings is 1. The maximum Gasteiger partial charge on any atom is 0.220 e. The smallest absolute Gasteiger partial charge is 0.220 e. The Hall–Kier alpha value is -1.17. The first-order chi connectivity index (χ1) is 11.2. The van der Waals surface area contributed by atoms with Crippen molar-refractivity contribution in [2.45, 2.75) is 31.8 Å². The van der Waals surface area contributed by atoms with Gasteiger partial charge in [0, 0.05) is 36.6 Å². The van der Waals surface area contributed by atoms with Gasteiger partial charge < -0.3 is 5.32 Å². The second kappa shape index (κ2) is 8.08. The summed E-state index contributed by atoms with van der Waals surface area (Å²) < 4.78 is 1.08. The molecule has 1 aromatic carbocycles. The molecule has 1 fully saturated rings. The molecular formula is C18H21BrN2OS. The van der Waals surface area contributed by atoms with Crippen LogP contribution >= 0.6 is 27.3 Å². The van der Waals surface area contributed by atoms with Gasteiger partial charge in [0.05, 0.1) is 0 Å². The van der Waals surface area contributed by atoms with Crippen molar-refractivity contribution in [1.82, 2.24) is 10.2 Å². The van der Waals surface area contributed by atoms with E-state index < -0.39 is 0 Å². The summed E-state index contributed by atoms with van der Waals surface area (Å²) in [6.45, 7) is 3.01. The lowest BCUT2D eigenvalue weighted by atomic mass is 10.1. The third-order valence-corrected chi connectivity index (χ3v) is 5.71. The van der Waals surface area contributed by atoms with Crippen molar-refractivity contribution in [3.05, 3.63) is 56.7 Å². The van der Waals surface area contributed by atoms with Crippen molar-refractivity contribution in [3.8, 4) is 0 Å². The van der Waals surface area contributed by atoms with Crippen LogP contribution in [0.15, 0.2) is 45.6 Å². The molecule has 1 aromatic heterocycles. The second-order valence-electron chi connectivity index (χ2n) is 6.01. The highest BCUT2D eigenvalue weighted by atomic mass is 79.9. The van der Waals surface area contributed by atoms with E-state index in [1.165, 1.54) is 11.1 Å². The summed E-state index contributed by atoms with van der Waals surface area (Å²) in [7, 11) is 0. The number of amides is 1. The molecule has 1 atom stereocenters. The van der Waals surface area contributed by atoms with Crippen LogP contribution in [0.25, 0.3) is 0 Å². The zero-order valence-electron chi connectivity index (χ0n) is 13.0. The first-order valence-corrected chi connectivity index (χ1v) is 9.70. The van der Waals surface area contributed by atoms with Gasteiger partial charge in [-0.05, 0) is 46.9 Å². The Kier molecular flexibility index (Phi) is 5.86. The van der Waals surface area contributed by atoms with Crippen LogP contribution in [0.3, 0.4) is 0 Å². The summed E-state index contributed by atoms with van der Waals surface area (Å²) in [6, 6.07) is 10.6. The minimum absolute atomic E-state index is 0.156. The van der Waals surface area contributed by atoms with Crippen LogP contribution in [0.1, 0.15) is 24.0 Å². The fraction of sp³-hybridized carbons (Fsp3) is 0.389. The fourth-order valence-electron chi connectivity index (χ4n) is 2.98. The van der Waals surface area contributed by atoms with Crippen LogP contribution < -0.4 is 5.32 Å². The SMILES string of the molecule is O=C(CCc1ccccc1Br)NC1CCN(Cc2ccsc2)C1. The highest BCUT2D eigenvalue weighted by Gasteiger charge is 2.23. The number of nitrogens with zero attached hydrogens (tertiary/aromatic N) is 1. The number of likely N-dealkylation sites (tertiary alicyclic amines) is 1. The molecule has 2 heterocycles. The van der Waals surface area contributed by atoms with E-state index in [-0.39, 0.29) is 5.91 Å². The van der Waals surface area contributed by atoms with Gasteiger partial charge in [-0.25, -0.2) is 0 Å². The van der Waals surface area contributed by atoms with E-state index in [9.17, 15) is 4.79 Å². The topological polar surface area (TPSA) is 32.3 Å². The Morgan fingerprint density at radius 2 is 2.22 bits per heavy atom. The average Bonchev–Trinajstić information content (AvgIpc) is 3.19. The van der Waals surface area contributed by atoms with E-state index in [4.69, 9.17) is 0 Å². The van der Waals surface area contributed by atoms with Gasteiger partial charge in [-0.1, -0.05) is 34.1 Å². The molecule has 1 saturated heterocycles. The first kappa shape index (κ1) is 16.7. The van der Waals surface area contributed by atoms with E-state index in [1.807, 2.05) is 18.2 Å². The van der Waals surface area contributed by atoms with Gasteiger partial charge in [0.15, 0.2) is 0 Å². The van der Waals surface area contributed by atoms with Crippen LogP contribution in [0.5, 0.6) is 0 Å². The normalized spacial score (nSPS) is 18.2. The Morgan fingerprint density at radius 3 is 3.00 bits per heavy atom. The Balaban J connectivity index is 1.41. The summed E-state index contributed by atoms with van der Waals surface area (Å²) in [4.78, 5) is 14.6. The largest absolute Gasteiger partial charge is 0.352 e. The number of hydrogen-bond donors (Lipinski definition) is 1. The third kappa shape index (κ3) is 4.90. The number of aryl methyl sites for hydroxylation is 1. The van der Waals surface area contributed by atoms with Gasteiger partial charge in [-0.3, -0.25) is 9.69 Å². The second-order valence-corrected chi connectivity index (χ2v) is 7.65. The van der Waals surface area contributed by atoms with Crippen LogP contribution in [0.2, 0.25) is 0 Å². The van der Waals surface area contributed by atoms with Gasteiger partial charge in [0.1, 0.15) is 0 Å². The standard InChI is InChI=1S/C18H21BrN2OS/c19-17-4-2-1-3-15(17)5-6-18(22)20-16-7-9-21(12-16)11-14-8-10-23-13-14/h1-4,8,10,13,16H,5-7,9,11-12H2,(H,20,22). The van der Waals surface area contributed by atoms with Crippen molar-refractivity contribution >= 4 is 33.2 Å². The van der Waals surface area contributed by atoms with E-state index in [1.54, 1.807) is 11.3 Å². The Morgan fingerprint density at radius 1 is 1.35 bits per heavy atom. The molecule has 2 aromatic rings. The molecule has 23 heavy (non-hydrogen) atoms. The summed E-state index contributed by atoms with van der Waals surface area (Å²) in [5.74, 6) is 0.156. The van der Waals surface area contributed by atoms with E-state index in [2.05, 4.69) is 49.0 Å². The number of rotatable bonds is 6. The molecule has 3 nitrogen and oxygen atoms in total. The van der Waals surface area contributed by atoms with Crippen molar-refractivity contribution in [3.63, 3.8) is 0 Å². The monoisotopic (exact) mass is 392 g/mol. The van der Waals surface area contributed by atoms with Crippen LogP contribution in [0, 0.1) is 0 Å². The molecule has 1 amide bonds. The maximum absolute atomic E-state index is 12.2. The molecule has 0 bridgehead atoms. The predicted molar refractivity (Wildman–Crippen MR) is 98.6 cm³/mol. The maximum atomic E-state index is 12.2. The minimum atomic E-state index is 0.156. The molecule has 0 spiro atoms. The van der Waals surface area contributed by atoms with Gasteiger partial charge >= 0.3 is 0 Å². The summed E-state index contributed by atoms with van der Waals surface area (Å²) in [6.07, 6.45) is 2.37. The quantitative estimate of drug-likeness (QED) is 0.809. The van der Waals surface area contributed by atoms with Gasteiger partial charge in [-0.15, -0.1) is 0 Å². The summed E-state index contributed by atoms with van der Waals surface area (Å²) >= 11 is 5.27. The molecular weight excluding hydrogens is 372 g/mol. The molecule has 3 rings (SSSR count). The van der Waals surface area contributed by atoms with Crippen molar-refractivity contribution in [2.24, 2.45) is 0 Å². The molecule has 5 heteroatoms. The van der Waals surface area contributed by atoms with Crippen molar-refractivity contribution in [2.75, 3.05) is 13.1 Å². The van der Waals surface area contributed by atoms with E-state index in [0.717, 1.165) is 36.9 Å². The van der Waals surface area contributed by atoms with E-state index >= 15 is 0 Å². The number of nitrogens with one attached hydrogen (secondary N) is 1.